The van der Waals surface area contributed by atoms with Crippen LogP contribution in [0.4, 0.5) is 4.39 Å². The van der Waals surface area contributed by atoms with Crippen molar-refractivity contribution in [1.29, 1.82) is 0 Å². The Morgan fingerprint density at radius 1 is 1.25 bits per heavy atom. The first-order chi connectivity index (χ1) is 7.68. The summed E-state index contributed by atoms with van der Waals surface area (Å²) in [5.74, 6) is -1.54. The first-order valence-corrected chi connectivity index (χ1v) is 4.49. The zero-order valence-corrected chi connectivity index (χ0v) is 8.09. The summed E-state index contributed by atoms with van der Waals surface area (Å²) in [6, 6.07) is 5.10. The predicted molar refractivity (Wildman–Crippen MR) is 54.4 cm³/mol. The Balaban J connectivity index is 2.61. The van der Waals surface area contributed by atoms with Gasteiger partial charge in [-0.1, -0.05) is 0 Å². The molecule has 2 aromatic rings. The normalized spacial score (nSPS) is 10.1. The Labute approximate surface area is 90.4 Å². The molecule has 0 aliphatic rings. The van der Waals surface area contributed by atoms with Crippen molar-refractivity contribution in [2.24, 2.45) is 0 Å². The fourth-order valence-electron chi connectivity index (χ4n) is 1.33. The molecular weight excluding hydrogens is 211 g/mol. The highest BCUT2D eigenvalue weighted by atomic mass is 19.1. The van der Waals surface area contributed by atoms with Crippen LogP contribution in [0.1, 0.15) is 10.4 Å². The highest BCUT2D eigenvalue weighted by Gasteiger charge is 2.14. The van der Waals surface area contributed by atoms with E-state index in [1.807, 2.05) is 0 Å². The number of rotatable bonds is 2. The summed E-state index contributed by atoms with van der Waals surface area (Å²) in [4.78, 5) is 18.8. The van der Waals surface area contributed by atoms with Crippen molar-refractivity contribution in [3.63, 3.8) is 0 Å². The van der Waals surface area contributed by atoms with Crippen LogP contribution < -0.4 is 0 Å². The SMILES string of the molecule is O=C(O)c1cc(F)ccc1-c1ncccn1. The lowest BCUT2D eigenvalue weighted by molar-refractivity contribution is 0.0697. The van der Waals surface area contributed by atoms with Crippen molar-refractivity contribution in [2.75, 3.05) is 0 Å². The molecule has 2 rings (SSSR count). The van der Waals surface area contributed by atoms with Crippen LogP contribution >= 0.6 is 0 Å². The fraction of sp³-hybridized carbons (Fsp3) is 0. The molecule has 5 heteroatoms. The van der Waals surface area contributed by atoms with E-state index in [2.05, 4.69) is 9.97 Å². The number of aromatic carboxylic acids is 1. The number of benzene rings is 1. The van der Waals surface area contributed by atoms with Crippen molar-refractivity contribution in [1.82, 2.24) is 9.97 Å². The van der Waals surface area contributed by atoms with Gasteiger partial charge in [-0.2, -0.15) is 0 Å². The van der Waals surface area contributed by atoms with E-state index in [1.54, 1.807) is 6.07 Å². The summed E-state index contributed by atoms with van der Waals surface area (Å²) in [5.41, 5.74) is 0.153. The summed E-state index contributed by atoms with van der Waals surface area (Å²) in [6.45, 7) is 0. The number of carboxylic acid groups (broad SMARTS) is 1. The molecule has 0 aliphatic carbocycles. The van der Waals surface area contributed by atoms with E-state index in [-0.39, 0.29) is 11.4 Å². The van der Waals surface area contributed by atoms with Gasteiger partial charge in [0.2, 0.25) is 0 Å². The lowest BCUT2D eigenvalue weighted by Crippen LogP contribution is -2.02. The lowest BCUT2D eigenvalue weighted by atomic mass is 10.1. The van der Waals surface area contributed by atoms with Crippen molar-refractivity contribution < 1.29 is 14.3 Å². The Bertz CT molecular complexity index is 529. The Morgan fingerprint density at radius 3 is 2.56 bits per heavy atom. The molecule has 0 bridgehead atoms. The van der Waals surface area contributed by atoms with Crippen LogP contribution in [0.15, 0.2) is 36.7 Å². The van der Waals surface area contributed by atoms with Gasteiger partial charge in [0.05, 0.1) is 5.56 Å². The third-order valence-corrected chi connectivity index (χ3v) is 2.02. The first kappa shape index (κ1) is 10.2. The second-order valence-electron chi connectivity index (χ2n) is 3.07. The van der Waals surface area contributed by atoms with E-state index in [0.29, 0.717) is 5.56 Å². The van der Waals surface area contributed by atoms with Gasteiger partial charge in [-0.25, -0.2) is 19.2 Å². The van der Waals surface area contributed by atoms with E-state index in [1.165, 1.54) is 24.5 Å². The average molecular weight is 218 g/mol. The van der Waals surface area contributed by atoms with Crippen LogP contribution in [-0.2, 0) is 0 Å². The van der Waals surface area contributed by atoms with Crippen molar-refractivity contribution in [3.8, 4) is 11.4 Å². The Kier molecular flexibility index (Phi) is 2.59. The zero-order valence-electron chi connectivity index (χ0n) is 8.09. The zero-order chi connectivity index (χ0) is 11.5. The van der Waals surface area contributed by atoms with Crippen LogP contribution in [0, 0.1) is 5.82 Å². The van der Waals surface area contributed by atoms with Gasteiger partial charge < -0.3 is 5.11 Å². The van der Waals surface area contributed by atoms with Gasteiger partial charge in [0.15, 0.2) is 5.82 Å². The smallest absolute Gasteiger partial charge is 0.336 e. The predicted octanol–water partition coefficient (Wildman–Crippen LogP) is 1.98. The lowest BCUT2D eigenvalue weighted by Gasteiger charge is -2.03. The van der Waals surface area contributed by atoms with Gasteiger partial charge >= 0.3 is 5.97 Å². The van der Waals surface area contributed by atoms with Crippen molar-refractivity contribution in [3.05, 3.63) is 48.0 Å². The number of carboxylic acids is 1. The van der Waals surface area contributed by atoms with Crippen molar-refractivity contribution in [2.45, 2.75) is 0 Å². The highest BCUT2D eigenvalue weighted by molar-refractivity contribution is 5.94. The molecule has 1 heterocycles. The van der Waals surface area contributed by atoms with E-state index in [4.69, 9.17) is 5.11 Å². The van der Waals surface area contributed by atoms with Gasteiger partial charge in [0.25, 0.3) is 0 Å². The second kappa shape index (κ2) is 4.06. The van der Waals surface area contributed by atoms with Crippen molar-refractivity contribution >= 4 is 5.97 Å². The van der Waals surface area contributed by atoms with E-state index in [0.717, 1.165) is 6.07 Å². The Hall–Kier alpha value is -2.30. The van der Waals surface area contributed by atoms with Crippen LogP contribution in [-0.4, -0.2) is 21.0 Å². The quantitative estimate of drug-likeness (QED) is 0.837. The fourth-order valence-corrected chi connectivity index (χ4v) is 1.33. The number of aromatic nitrogens is 2. The topological polar surface area (TPSA) is 63.1 Å². The number of nitrogens with zero attached hydrogens (tertiary/aromatic N) is 2. The molecule has 0 radical (unpaired) electrons. The average Bonchev–Trinajstić information content (AvgIpc) is 2.30. The minimum Gasteiger partial charge on any atom is -0.478 e. The van der Waals surface area contributed by atoms with Gasteiger partial charge in [-0.15, -0.1) is 0 Å². The van der Waals surface area contributed by atoms with Gasteiger partial charge in [0.1, 0.15) is 5.82 Å². The number of hydrogen-bond donors (Lipinski definition) is 1. The molecule has 1 aromatic carbocycles. The molecule has 1 aromatic heterocycles. The number of carbonyl (C=O) groups is 1. The van der Waals surface area contributed by atoms with Gasteiger partial charge in [-0.3, -0.25) is 0 Å². The minimum atomic E-state index is -1.21. The third-order valence-electron chi connectivity index (χ3n) is 2.02. The highest BCUT2D eigenvalue weighted by Crippen LogP contribution is 2.20. The Morgan fingerprint density at radius 2 is 1.94 bits per heavy atom. The van der Waals surface area contributed by atoms with E-state index >= 15 is 0 Å². The maximum Gasteiger partial charge on any atom is 0.336 e. The monoisotopic (exact) mass is 218 g/mol. The molecule has 0 saturated carbocycles. The maximum atomic E-state index is 12.9. The molecule has 16 heavy (non-hydrogen) atoms. The summed E-state index contributed by atoms with van der Waals surface area (Å²) in [7, 11) is 0. The first-order valence-electron chi connectivity index (χ1n) is 4.49. The van der Waals surface area contributed by atoms with E-state index in [9.17, 15) is 9.18 Å². The molecule has 0 amide bonds. The standard InChI is InChI=1S/C11H7FN2O2/c12-7-2-3-8(9(6-7)11(15)16)10-13-4-1-5-14-10/h1-6H,(H,15,16). The largest absolute Gasteiger partial charge is 0.478 e. The summed E-state index contributed by atoms with van der Waals surface area (Å²) < 4.78 is 12.9. The molecule has 80 valence electrons. The summed E-state index contributed by atoms with van der Waals surface area (Å²) in [6.07, 6.45) is 2.99. The third kappa shape index (κ3) is 1.88. The van der Waals surface area contributed by atoms with Crippen LogP contribution in [0.3, 0.4) is 0 Å². The number of hydrogen-bond acceptors (Lipinski definition) is 3. The maximum absolute atomic E-state index is 12.9. The van der Waals surface area contributed by atoms with Gasteiger partial charge in [0, 0.05) is 18.0 Å². The molecule has 0 atom stereocenters. The molecule has 0 fully saturated rings. The van der Waals surface area contributed by atoms with E-state index < -0.39 is 11.8 Å². The molecule has 0 saturated heterocycles. The van der Waals surface area contributed by atoms with Crippen LogP contribution in [0.25, 0.3) is 11.4 Å². The molecular formula is C11H7FN2O2. The molecule has 0 spiro atoms. The number of halogens is 1. The molecule has 0 unspecified atom stereocenters. The van der Waals surface area contributed by atoms with Crippen LogP contribution in [0.5, 0.6) is 0 Å². The molecule has 0 aliphatic heterocycles. The summed E-state index contributed by atoms with van der Waals surface area (Å²) in [5, 5.41) is 8.93. The molecule has 1 N–H and O–H groups in total. The summed E-state index contributed by atoms with van der Waals surface area (Å²) >= 11 is 0. The second-order valence-corrected chi connectivity index (χ2v) is 3.07. The van der Waals surface area contributed by atoms with Crippen LogP contribution in [0.2, 0.25) is 0 Å². The molecule has 4 nitrogen and oxygen atoms in total. The van der Waals surface area contributed by atoms with Gasteiger partial charge in [-0.05, 0) is 24.3 Å². The minimum absolute atomic E-state index is 0.147.